The van der Waals surface area contributed by atoms with Gasteiger partial charge in [-0.1, -0.05) is 0 Å². The van der Waals surface area contributed by atoms with Gasteiger partial charge < -0.3 is 15.8 Å². The van der Waals surface area contributed by atoms with E-state index < -0.39 is 5.91 Å². The summed E-state index contributed by atoms with van der Waals surface area (Å²) >= 11 is 0. The van der Waals surface area contributed by atoms with Crippen LogP contribution in [-0.2, 0) is 11.3 Å². The van der Waals surface area contributed by atoms with Gasteiger partial charge in [-0.05, 0) is 30.5 Å². The second-order valence-electron chi connectivity index (χ2n) is 4.53. The molecule has 98 valence electrons. The zero-order chi connectivity index (χ0) is 13.0. The summed E-state index contributed by atoms with van der Waals surface area (Å²) in [7, 11) is 0. The molecule has 1 heterocycles. The number of amides is 1. The van der Waals surface area contributed by atoms with E-state index in [1.54, 1.807) is 0 Å². The number of rotatable bonds is 5. The molecule has 1 unspecified atom stereocenters. The van der Waals surface area contributed by atoms with Gasteiger partial charge in [0.15, 0.2) is 0 Å². The number of hydrogen-bond donors (Lipinski definition) is 2. The second kappa shape index (κ2) is 5.93. The predicted molar refractivity (Wildman–Crippen MR) is 65.6 cm³/mol. The van der Waals surface area contributed by atoms with Crippen LogP contribution in [0.2, 0.25) is 0 Å². The van der Waals surface area contributed by atoms with E-state index in [-0.39, 0.29) is 5.82 Å². The summed E-state index contributed by atoms with van der Waals surface area (Å²) in [5.41, 5.74) is 5.96. The molecule has 0 bridgehead atoms. The van der Waals surface area contributed by atoms with Crippen LogP contribution in [0.4, 0.5) is 4.39 Å². The molecule has 1 fully saturated rings. The van der Waals surface area contributed by atoms with Crippen LogP contribution < -0.4 is 11.1 Å². The van der Waals surface area contributed by atoms with Crippen molar-refractivity contribution in [2.45, 2.75) is 13.0 Å². The molecule has 1 saturated heterocycles. The molecule has 1 aliphatic rings. The van der Waals surface area contributed by atoms with Gasteiger partial charge in [0.1, 0.15) is 5.82 Å². The van der Waals surface area contributed by atoms with E-state index in [0.717, 1.165) is 26.2 Å². The van der Waals surface area contributed by atoms with Crippen molar-refractivity contribution >= 4 is 5.91 Å². The summed E-state index contributed by atoms with van der Waals surface area (Å²) in [6.45, 7) is 2.75. The van der Waals surface area contributed by atoms with E-state index in [2.05, 4.69) is 5.32 Å². The highest BCUT2D eigenvalue weighted by atomic mass is 19.1. The summed E-state index contributed by atoms with van der Waals surface area (Å²) in [5.74, 6) is -0.372. The molecule has 0 spiro atoms. The number of ether oxygens (including phenoxy) is 1. The van der Waals surface area contributed by atoms with Crippen LogP contribution in [0.1, 0.15) is 22.3 Å². The highest BCUT2D eigenvalue weighted by molar-refractivity contribution is 5.92. The van der Waals surface area contributed by atoms with Crippen molar-refractivity contribution < 1.29 is 13.9 Å². The lowest BCUT2D eigenvalue weighted by molar-refractivity contribution is 0.1000. The van der Waals surface area contributed by atoms with E-state index in [1.165, 1.54) is 18.2 Å². The predicted octanol–water partition coefficient (Wildman–Crippen LogP) is 1.05. The average molecular weight is 252 g/mol. The summed E-state index contributed by atoms with van der Waals surface area (Å²) in [6.07, 6.45) is 1.04. The highest BCUT2D eigenvalue weighted by Gasteiger charge is 2.15. The van der Waals surface area contributed by atoms with Gasteiger partial charge in [-0.15, -0.1) is 0 Å². The Morgan fingerprint density at radius 3 is 3.06 bits per heavy atom. The fourth-order valence-electron chi connectivity index (χ4n) is 2.02. The quantitative estimate of drug-likeness (QED) is 0.823. The van der Waals surface area contributed by atoms with Crippen molar-refractivity contribution in [3.63, 3.8) is 0 Å². The SMILES string of the molecule is NC(=O)c1ccc(F)c(CNCC2CCOC2)c1. The maximum absolute atomic E-state index is 13.5. The summed E-state index contributed by atoms with van der Waals surface area (Å²) < 4.78 is 18.8. The monoisotopic (exact) mass is 252 g/mol. The zero-order valence-corrected chi connectivity index (χ0v) is 10.1. The van der Waals surface area contributed by atoms with E-state index in [4.69, 9.17) is 10.5 Å². The van der Waals surface area contributed by atoms with Crippen LogP contribution in [0, 0.1) is 11.7 Å². The largest absolute Gasteiger partial charge is 0.381 e. The molecule has 1 atom stereocenters. The number of carbonyl (C=O) groups excluding carboxylic acids is 1. The van der Waals surface area contributed by atoms with Crippen LogP contribution in [-0.4, -0.2) is 25.7 Å². The maximum atomic E-state index is 13.5. The Labute approximate surface area is 105 Å². The summed E-state index contributed by atoms with van der Waals surface area (Å²) in [6, 6.07) is 4.16. The molecular weight excluding hydrogens is 235 g/mol. The first-order valence-electron chi connectivity index (χ1n) is 6.03. The normalized spacial score (nSPS) is 19.1. The van der Waals surface area contributed by atoms with Crippen LogP contribution in [0.5, 0.6) is 0 Å². The Bertz CT molecular complexity index is 431. The number of primary amides is 1. The lowest BCUT2D eigenvalue weighted by atomic mass is 10.1. The number of halogens is 1. The topological polar surface area (TPSA) is 64.4 Å². The zero-order valence-electron chi connectivity index (χ0n) is 10.1. The Balaban J connectivity index is 1.91. The van der Waals surface area contributed by atoms with Crippen molar-refractivity contribution in [1.82, 2.24) is 5.32 Å². The van der Waals surface area contributed by atoms with Crippen LogP contribution in [0.3, 0.4) is 0 Å². The van der Waals surface area contributed by atoms with E-state index in [0.29, 0.717) is 23.6 Å². The molecule has 1 aromatic rings. The lowest BCUT2D eigenvalue weighted by Crippen LogP contribution is -2.23. The first-order valence-corrected chi connectivity index (χ1v) is 6.03. The first kappa shape index (κ1) is 13.0. The Morgan fingerprint density at radius 2 is 2.39 bits per heavy atom. The molecule has 0 saturated carbocycles. The molecule has 4 nitrogen and oxygen atoms in total. The van der Waals surface area contributed by atoms with Crippen LogP contribution in [0.15, 0.2) is 18.2 Å². The van der Waals surface area contributed by atoms with Gasteiger partial charge in [0.2, 0.25) is 5.91 Å². The van der Waals surface area contributed by atoms with Gasteiger partial charge in [0.25, 0.3) is 0 Å². The molecule has 1 amide bonds. The lowest BCUT2D eigenvalue weighted by Gasteiger charge is -2.10. The highest BCUT2D eigenvalue weighted by Crippen LogP contribution is 2.13. The van der Waals surface area contributed by atoms with Crippen molar-refractivity contribution in [3.8, 4) is 0 Å². The molecule has 0 aliphatic carbocycles. The van der Waals surface area contributed by atoms with Gasteiger partial charge in [0.05, 0.1) is 6.61 Å². The smallest absolute Gasteiger partial charge is 0.248 e. The standard InChI is InChI=1S/C13H17FN2O2/c14-12-2-1-10(13(15)17)5-11(12)7-16-6-9-3-4-18-8-9/h1-2,5,9,16H,3-4,6-8H2,(H2,15,17). The van der Waals surface area contributed by atoms with E-state index in [1.807, 2.05) is 0 Å². The van der Waals surface area contributed by atoms with Gasteiger partial charge in [0, 0.05) is 30.8 Å². The van der Waals surface area contributed by atoms with Crippen molar-refractivity contribution in [2.75, 3.05) is 19.8 Å². The number of carbonyl (C=O) groups is 1. The Kier molecular flexibility index (Phi) is 4.28. The second-order valence-corrected chi connectivity index (χ2v) is 4.53. The first-order chi connectivity index (χ1) is 8.66. The van der Waals surface area contributed by atoms with Crippen LogP contribution >= 0.6 is 0 Å². The maximum Gasteiger partial charge on any atom is 0.248 e. The summed E-state index contributed by atoms with van der Waals surface area (Å²) in [4.78, 5) is 11.0. The van der Waals surface area contributed by atoms with E-state index >= 15 is 0 Å². The fraction of sp³-hybridized carbons (Fsp3) is 0.462. The molecule has 5 heteroatoms. The molecule has 0 aromatic heterocycles. The minimum atomic E-state index is -0.541. The minimum Gasteiger partial charge on any atom is -0.381 e. The van der Waals surface area contributed by atoms with Crippen LogP contribution in [0.25, 0.3) is 0 Å². The molecule has 0 radical (unpaired) electrons. The molecule has 3 N–H and O–H groups in total. The van der Waals surface area contributed by atoms with Crippen molar-refractivity contribution in [3.05, 3.63) is 35.1 Å². The Hall–Kier alpha value is -1.46. The molecule has 1 aliphatic heterocycles. The molecule has 2 rings (SSSR count). The van der Waals surface area contributed by atoms with E-state index in [9.17, 15) is 9.18 Å². The van der Waals surface area contributed by atoms with Gasteiger partial charge >= 0.3 is 0 Å². The molecule has 18 heavy (non-hydrogen) atoms. The van der Waals surface area contributed by atoms with Crippen molar-refractivity contribution in [1.29, 1.82) is 0 Å². The summed E-state index contributed by atoms with van der Waals surface area (Å²) in [5, 5.41) is 3.18. The van der Waals surface area contributed by atoms with Crippen molar-refractivity contribution in [2.24, 2.45) is 11.7 Å². The minimum absolute atomic E-state index is 0.324. The Morgan fingerprint density at radius 1 is 1.56 bits per heavy atom. The van der Waals surface area contributed by atoms with Gasteiger partial charge in [-0.3, -0.25) is 4.79 Å². The number of hydrogen-bond acceptors (Lipinski definition) is 3. The number of nitrogens with one attached hydrogen (secondary N) is 1. The fourth-order valence-corrected chi connectivity index (χ4v) is 2.02. The third-order valence-corrected chi connectivity index (χ3v) is 3.10. The third kappa shape index (κ3) is 3.27. The van der Waals surface area contributed by atoms with Gasteiger partial charge in [-0.2, -0.15) is 0 Å². The number of benzene rings is 1. The third-order valence-electron chi connectivity index (χ3n) is 3.10. The average Bonchev–Trinajstić information content (AvgIpc) is 2.84. The molecular formula is C13H17FN2O2. The molecule has 1 aromatic carbocycles. The number of nitrogens with two attached hydrogens (primary N) is 1. The van der Waals surface area contributed by atoms with Gasteiger partial charge in [-0.25, -0.2) is 4.39 Å².